The summed E-state index contributed by atoms with van der Waals surface area (Å²) in [6, 6.07) is 7.63. The Morgan fingerprint density at radius 3 is 2.68 bits per heavy atom. The first kappa shape index (κ1) is 17.8. The van der Waals surface area contributed by atoms with E-state index in [4.69, 9.17) is 23.2 Å². The number of thiophene rings is 1. The van der Waals surface area contributed by atoms with Gasteiger partial charge in [0.25, 0.3) is 5.91 Å². The van der Waals surface area contributed by atoms with Crippen LogP contribution in [0, 0.1) is 12.3 Å². The number of carbonyl (C=O) groups excluding carboxylic acids is 1. The Kier molecular flexibility index (Phi) is 4.81. The molecular formula is C15H10ClN3O3S3. The van der Waals surface area contributed by atoms with Gasteiger partial charge in [-0.05, 0) is 30.3 Å². The molecular weight excluding hydrogens is 402 g/mol. The average molecular weight is 412 g/mol. The van der Waals surface area contributed by atoms with Crippen LogP contribution < -0.4 is 9.94 Å². The number of thiazole rings is 1. The summed E-state index contributed by atoms with van der Waals surface area (Å²) in [6.45, 7) is 0.187. The van der Waals surface area contributed by atoms with Crippen molar-refractivity contribution in [2.45, 2.75) is 11.4 Å². The molecule has 1 aromatic carbocycles. The van der Waals surface area contributed by atoms with Crippen LogP contribution in [-0.2, 0) is 16.6 Å². The zero-order chi connectivity index (χ0) is 18.2. The third-order valence-corrected chi connectivity index (χ3v) is 6.38. The van der Waals surface area contributed by atoms with Gasteiger partial charge in [-0.25, -0.2) is 13.6 Å². The van der Waals surface area contributed by atoms with Crippen molar-refractivity contribution in [3.8, 4) is 12.3 Å². The number of rotatable bonds is 3. The number of carbonyl (C=O) groups is 1. The molecule has 128 valence electrons. The molecule has 0 spiro atoms. The molecule has 2 aromatic heterocycles. The number of primary sulfonamides is 1. The molecule has 3 aromatic rings. The quantitative estimate of drug-likeness (QED) is 0.670. The van der Waals surface area contributed by atoms with Crippen LogP contribution >= 0.6 is 34.3 Å². The maximum Gasteiger partial charge on any atom is 0.289 e. The fourth-order valence-electron chi connectivity index (χ4n) is 2.13. The molecule has 0 aliphatic rings. The van der Waals surface area contributed by atoms with Gasteiger partial charge in [0.2, 0.25) is 10.0 Å². The highest BCUT2D eigenvalue weighted by atomic mass is 35.5. The summed E-state index contributed by atoms with van der Waals surface area (Å²) in [4.78, 5) is 17.2. The Balaban J connectivity index is 2.20. The first-order valence-electron chi connectivity index (χ1n) is 6.73. The van der Waals surface area contributed by atoms with Gasteiger partial charge in [-0.3, -0.25) is 4.79 Å². The van der Waals surface area contributed by atoms with E-state index < -0.39 is 15.9 Å². The summed E-state index contributed by atoms with van der Waals surface area (Å²) < 4.78 is 25.8. The summed E-state index contributed by atoms with van der Waals surface area (Å²) in [5.74, 6) is 2.06. The van der Waals surface area contributed by atoms with Gasteiger partial charge < -0.3 is 4.57 Å². The second-order valence-corrected chi connectivity index (χ2v) is 9.16. The van der Waals surface area contributed by atoms with E-state index in [-0.39, 0.29) is 11.4 Å². The lowest BCUT2D eigenvalue weighted by atomic mass is 10.3. The monoisotopic (exact) mass is 411 g/mol. The van der Waals surface area contributed by atoms with Gasteiger partial charge in [-0.1, -0.05) is 28.9 Å². The number of nitrogens with two attached hydrogens (primary N) is 1. The third kappa shape index (κ3) is 3.68. The number of nitrogens with zero attached hydrogens (tertiary/aromatic N) is 2. The zero-order valence-corrected chi connectivity index (χ0v) is 15.7. The molecule has 0 radical (unpaired) electrons. The predicted molar refractivity (Wildman–Crippen MR) is 99.2 cm³/mol. The van der Waals surface area contributed by atoms with Crippen LogP contribution in [0.3, 0.4) is 0 Å². The van der Waals surface area contributed by atoms with Crippen LogP contribution in [0.15, 0.2) is 40.2 Å². The van der Waals surface area contributed by atoms with Crippen molar-refractivity contribution >= 4 is 60.4 Å². The van der Waals surface area contributed by atoms with Crippen molar-refractivity contribution < 1.29 is 13.2 Å². The Hall–Kier alpha value is -1.96. The molecule has 2 N–H and O–H groups in total. The number of terminal acetylenes is 1. The Morgan fingerprint density at radius 1 is 1.32 bits per heavy atom. The van der Waals surface area contributed by atoms with Gasteiger partial charge in [-0.2, -0.15) is 4.99 Å². The Morgan fingerprint density at radius 2 is 2.08 bits per heavy atom. The summed E-state index contributed by atoms with van der Waals surface area (Å²) in [7, 11) is -3.83. The van der Waals surface area contributed by atoms with E-state index in [0.717, 1.165) is 22.7 Å². The van der Waals surface area contributed by atoms with E-state index in [9.17, 15) is 13.2 Å². The van der Waals surface area contributed by atoms with Crippen molar-refractivity contribution in [3.05, 3.63) is 44.3 Å². The minimum Gasteiger partial charge on any atom is -0.305 e. The third-order valence-electron chi connectivity index (χ3n) is 3.21. The molecule has 0 bridgehead atoms. The van der Waals surface area contributed by atoms with Gasteiger partial charge in [0.1, 0.15) is 0 Å². The Labute approximate surface area is 156 Å². The van der Waals surface area contributed by atoms with Gasteiger partial charge in [0.05, 0.1) is 30.9 Å². The van der Waals surface area contributed by atoms with Crippen LogP contribution in [0.2, 0.25) is 4.34 Å². The summed E-state index contributed by atoms with van der Waals surface area (Å²) in [5, 5.41) is 5.16. The lowest BCUT2D eigenvalue weighted by Gasteiger charge is -2.01. The first-order valence-corrected chi connectivity index (χ1v) is 10.3. The number of hydrogen-bond acceptors (Lipinski definition) is 5. The van der Waals surface area contributed by atoms with E-state index >= 15 is 0 Å². The van der Waals surface area contributed by atoms with Crippen LogP contribution in [0.4, 0.5) is 0 Å². The largest absolute Gasteiger partial charge is 0.305 e. The summed E-state index contributed by atoms with van der Waals surface area (Å²) in [6.07, 6.45) is 5.40. The maximum absolute atomic E-state index is 12.3. The lowest BCUT2D eigenvalue weighted by Crippen LogP contribution is -2.16. The molecule has 0 saturated heterocycles. The number of hydrogen-bond donors (Lipinski definition) is 1. The highest BCUT2D eigenvalue weighted by Gasteiger charge is 2.14. The fraction of sp³-hybridized carbons (Fsp3) is 0.0667. The number of amides is 1. The second-order valence-electron chi connectivity index (χ2n) is 4.87. The minimum atomic E-state index is -3.83. The van der Waals surface area contributed by atoms with Crippen molar-refractivity contribution in [1.82, 2.24) is 4.57 Å². The van der Waals surface area contributed by atoms with Crippen molar-refractivity contribution in [3.63, 3.8) is 0 Å². The van der Waals surface area contributed by atoms with Gasteiger partial charge in [0.15, 0.2) is 4.80 Å². The second kappa shape index (κ2) is 6.74. The maximum atomic E-state index is 12.3. The Bertz CT molecular complexity index is 1200. The fourth-order valence-corrected chi connectivity index (χ4v) is 4.74. The topological polar surface area (TPSA) is 94.5 Å². The van der Waals surface area contributed by atoms with Crippen molar-refractivity contribution in [1.29, 1.82) is 0 Å². The van der Waals surface area contributed by atoms with Crippen LogP contribution in [0.25, 0.3) is 10.2 Å². The SMILES string of the molecule is C#CCn1c(=NC(=O)c2ccc(Cl)s2)sc2cc(S(N)(=O)=O)ccc21. The number of aromatic nitrogens is 1. The van der Waals surface area contributed by atoms with E-state index in [0.29, 0.717) is 24.2 Å². The van der Waals surface area contributed by atoms with E-state index in [1.807, 2.05) is 0 Å². The molecule has 0 aliphatic carbocycles. The molecule has 10 heteroatoms. The van der Waals surface area contributed by atoms with Crippen LogP contribution in [0.5, 0.6) is 0 Å². The van der Waals surface area contributed by atoms with Gasteiger partial charge in [-0.15, -0.1) is 17.8 Å². The van der Waals surface area contributed by atoms with Crippen molar-refractivity contribution in [2.24, 2.45) is 10.1 Å². The molecule has 6 nitrogen and oxygen atoms in total. The molecule has 0 fully saturated rings. The van der Waals surface area contributed by atoms with E-state index in [1.54, 1.807) is 22.8 Å². The molecule has 3 rings (SSSR count). The highest BCUT2D eigenvalue weighted by molar-refractivity contribution is 7.89. The molecule has 1 amide bonds. The molecule has 2 heterocycles. The van der Waals surface area contributed by atoms with Crippen molar-refractivity contribution in [2.75, 3.05) is 0 Å². The predicted octanol–water partition coefficient (Wildman–Crippen LogP) is 2.44. The number of fused-ring (bicyclic) bond motifs is 1. The minimum absolute atomic E-state index is 0.0166. The van der Waals surface area contributed by atoms with E-state index in [2.05, 4.69) is 10.9 Å². The van der Waals surface area contributed by atoms with Gasteiger partial charge in [0, 0.05) is 0 Å². The smallest absolute Gasteiger partial charge is 0.289 e. The average Bonchev–Trinajstić information content (AvgIpc) is 3.11. The molecule has 25 heavy (non-hydrogen) atoms. The van der Waals surface area contributed by atoms with Gasteiger partial charge >= 0.3 is 0 Å². The highest BCUT2D eigenvalue weighted by Crippen LogP contribution is 2.23. The number of benzene rings is 1. The normalized spacial score (nSPS) is 12.4. The molecule has 0 atom stereocenters. The summed E-state index contributed by atoms with van der Waals surface area (Å²) >= 11 is 8.12. The molecule has 0 saturated carbocycles. The first-order chi connectivity index (χ1) is 11.8. The molecule has 0 aliphatic heterocycles. The van der Waals surface area contributed by atoms with Crippen LogP contribution in [0.1, 0.15) is 9.67 Å². The van der Waals surface area contributed by atoms with Crippen LogP contribution in [-0.4, -0.2) is 18.9 Å². The lowest BCUT2D eigenvalue weighted by molar-refractivity contribution is 0.100. The summed E-state index contributed by atoms with van der Waals surface area (Å²) in [5.41, 5.74) is 0.672. The van der Waals surface area contributed by atoms with E-state index in [1.165, 1.54) is 12.1 Å². The number of sulfonamides is 1. The standard InChI is InChI=1S/C15H10ClN3O3S3/c1-2-7-19-10-4-3-9(25(17,21)22)8-12(10)24-15(19)18-14(20)11-5-6-13(16)23-11/h1,3-6,8H,7H2,(H2,17,21,22). The molecule has 0 unspecified atom stereocenters. The zero-order valence-electron chi connectivity index (χ0n) is 12.5. The number of halogens is 1.